The molecule has 0 aromatic heterocycles. The number of aryl methyl sites for hydroxylation is 1. The summed E-state index contributed by atoms with van der Waals surface area (Å²) in [5.74, 6) is 2.26. The fraction of sp³-hybridized carbons (Fsp3) is 0.788. The summed E-state index contributed by atoms with van der Waals surface area (Å²) >= 11 is 1.83. The fourth-order valence-electron chi connectivity index (χ4n) is 4.91. The van der Waals surface area contributed by atoms with Crippen LogP contribution in [0.3, 0.4) is 0 Å². The van der Waals surface area contributed by atoms with Gasteiger partial charge in [-0.3, -0.25) is 9.36 Å². The van der Waals surface area contributed by atoms with Crippen molar-refractivity contribution in [3.63, 3.8) is 0 Å². The van der Waals surface area contributed by atoms with Crippen LogP contribution in [0.5, 0.6) is 0 Å². The zero-order valence-corrected chi connectivity index (χ0v) is 27.3. The molecule has 0 fully saturated rings. The molecule has 0 aliphatic rings. The van der Waals surface area contributed by atoms with Crippen molar-refractivity contribution < 1.29 is 23.9 Å². The van der Waals surface area contributed by atoms with Gasteiger partial charge in [0.1, 0.15) is 0 Å². The Morgan fingerprint density at radius 2 is 1.57 bits per heavy atom. The van der Waals surface area contributed by atoms with Gasteiger partial charge in [0.2, 0.25) is 8.46 Å². The maximum Gasteiger partial charge on any atom is 0.307 e. The average Bonchev–Trinajstić information content (AvgIpc) is 2.99. The van der Waals surface area contributed by atoms with E-state index in [1.165, 1.54) is 88.2 Å². The van der Waals surface area contributed by atoms with E-state index in [-0.39, 0.29) is 19.0 Å². The molecule has 0 amide bonds. The molecule has 3 unspecified atom stereocenters. The van der Waals surface area contributed by atoms with Gasteiger partial charge in [0.15, 0.2) is 6.29 Å². The van der Waals surface area contributed by atoms with Crippen LogP contribution in [0.25, 0.3) is 0 Å². The third-order valence-corrected chi connectivity index (χ3v) is 9.15. The van der Waals surface area contributed by atoms with Crippen molar-refractivity contribution in [1.29, 1.82) is 0 Å². The molecular weight excluding hydrogens is 539 g/mol. The zero-order chi connectivity index (χ0) is 29.3. The van der Waals surface area contributed by atoms with E-state index in [0.717, 1.165) is 31.4 Å². The maximum absolute atomic E-state index is 11.2. The highest BCUT2D eigenvalue weighted by atomic mass is 32.2. The molecule has 5 nitrogen and oxygen atoms in total. The summed E-state index contributed by atoms with van der Waals surface area (Å²) in [4.78, 5) is 11.1. The first-order chi connectivity index (χ1) is 19.5. The van der Waals surface area contributed by atoms with Crippen LogP contribution < -0.4 is 0 Å². The Labute approximate surface area is 251 Å². The summed E-state index contributed by atoms with van der Waals surface area (Å²) in [6, 6.07) is 9.08. The Morgan fingerprint density at radius 1 is 0.925 bits per heavy atom. The van der Waals surface area contributed by atoms with E-state index in [0.29, 0.717) is 18.3 Å². The number of rotatable bonds is 28. The van der Waals surface area contributed by atoms with Gasteiger partial charge in [-0.25, -0.2) is 0 Å². The number of hydrogen-bond donors (Lipinski definition) is 1. The summed E-state index contributed by atoms with van der Waals surface area (Å²) in [7, 11) is -0.754. The lowest BCUT2D eigenvalue weighted by atomic mass is 9.89. The molecule has 0 bridgehead atoms. The minimum atomic E-state index is -2.29. The summed E-state index contributed by atoms with van der Waals surface area (Å²) in [5, 5.41) is 9.98. The monoisotopic (exact) mass is 596 g/mol. The van der Waals surface area contributed by atoms with Gasteiger partial charge in [-0.1, -0.05) is 122 Å². The lowest BCUT2D eigenvalue weighted by molar-refractivity contribution is -0.165. The van der Waals surface area contributed by atoms with Crippen LogP contribution >= 0.6 is 20.2 Å². The van der Waals surface area contributed by atoms with Crippen molar-refractivity contribution in [1.82, 2.24) is 0 Å². The Hall–Kier alpha value is -0.780. The van der Waals surface area contributed by atoms with Crippen molar-refractivity contribution >= 4 is 26.5 Å². The third-order valence-electron chi connectivity index (χ3n) is 7.52. The fourth-order valence-corrected chi connectivity index (χ4v) is 6.15. The van der Waals surface area contributed by atoms with Crippen molar-refractivity contribution in [2.24, 2.45) is 0 Å². The van der Waals surface area contributed by atoms with Crippen molar-refractivity contribution in [3.8, 4) is 0 Å². The number of hydrogen-bond acceptors (Lipinski definition) is 6. The van der Waals surface area contributed by atoms with Gasteiger partial charge in [0, 0.05) is 12.4 Å². The highest BCUT2D eigenvalue weighted by molar-refractivity contribution is 7.99. The molecule has 40 heavy (non-hydrogen) atoms. The van der Waals surface area contributed by atoms with Gasteiger partial charge in [-0.05, 0) is 48.5 Å². The normalized spacial score (nSPS) is 14.7. The molecule has 0 spiro atoms. The van der Waals surface area contributed by atoms with E-state index in [9.17, 15) is 14.5 Å². The van der Waals surface area contributed by atoms with Crippen LogP contribution in [0, 0.1) is 0 Å². The predicted molar refractivity (Wildman–Crippen MR) is 171 cm³/mol. The van der Waals surface area contributed by atoms with E-state index in [1.54, 1.807) is 0 Å². The molecule has 1 aromatic carbocycles. The van der Waals surface area contributed by atoms with E-state index in [4.69, 9.17) is 9.47 Å². The Bertz CT molecular complexity index is 754. The number of ether oxygens (including phenoxy) is 2. The van der Waals surface area contributed by atoms with Crippen molar-refractivity contribution in [2.75, 3.05) is 24.7 Å². The standard InChI is InChI=1S/C33H57O5PS/c1-4-7-9-11-12-13-15-17-23-37-32(26-38-33(35,28-34)39-36)27-40-24-22-30(20-16-14-10-8-5-2)31-21-18-19-29(6-3)25-31/h18-19,21,25,28,30,32,35H,4-17,20,22-24,26-27H2,1-3H3. The largest absolute Gasteiger partial charge is 0.375 e. The summed E-state index contributed by atoms with van der Waals surface area (Å²) in [6.07, 6.45) is 19.6. The molecule has 3 atom stereocenters. The number of unbranched alkanes of at least 4 members (excludes halogenated alkanes) is 11. The molecule has 7 heteroatoms. The van der Waals surface area contributed by atoms with Crippen LogP contribution in [-0.2, 0) is 25.3 Å². The molecular formula is C33H57O5PS. The molecule has 0 aliphatic heterocycles. The molecule has 230 valence electrons. The SMILES string of the molecule is CCCCCCCCCCOC(COC(O)(C=O)P=O)CSCCC(CCCCCCC)c1cccc(CC)c1. The minimum Gasteiger partial charge on any atom is -0.375 e. The van der Waals surface area contributed by atoms with Gasteiger partial charge in [0.05, 0.1) is 12.7 Å². The quantitative estimate of drug-likeness (QED) is 0.0449. The second kappa shape index (κ2) is 24.8. The second-order valence-electron chi connectivity index (χ2n) is 11.0. The topological polar surface area (TPSA) is 72.8 Å². The number of aliphatic hydroxyl groups is 1. The van der Waals surface area contributed by atoms with E-state index in [2.05, 4.69) is 45.0 Å². The second-order valence-corrected chi connectivity index (χ2v) is 13.0. The summed E-state index contributed by atoms with van der Waals surface area (Å²) in [5.41, 5.74) is 0.553. The number of benzene rings is 1. The molecule has 0 aliphatic carbocycles. The molecule has 0 saturated carbocycles. The number of aldehydes is 1. The summed E-state index contributed by atoms with van der Waals surface area (Å²) < 4.78 is 22.6. The van der Waals surface area contributed by atoms with Gasteiger partial charge >= 0.3 is 5.53 Å². The third kappa shape index (κ3) is 17.9. The van der Waals surface area contributed by atoms with Crippen molar-refractivity contribution in [2.45, 2.75) is 141 Å². The smallest absolute Gasteiger partial charge is 0.307 e. The first-order valence-electron chi connectivity index (χ1n) is 16.0. The molecule has 1 rings (SSSR count). The molecule has 1 aromatic rings. The number of carbonyl (C=O) groups is 1. The van der Waals surface area contributed by atoms with Crippen LogP contribution in [0.4, 0.5) is 0 Å². The van der Waals surface area contributed by atoms with Crippen LogP contribution in [0.1, 0.15) is 134 Å². The van der Waals surface area contributed by atoms with Crippen LogP contribution in [-0.4, -0.2) is 47.7 Å². The van der Waals surface area contributed by atoms with Crippen molar-refractivity contribution in [3.05, 3.63) is 35.4 Å². The number of thioether (sulfide) groups is 1. The maximum atomic E-state index is 11.2. The zero-order valence-electron chi connectivity index (χ0n) is 25.6. The molecule has 0 radical (unpaired) electrons. The first kappa shape index (κ1) is 37.2. The highest BCUT2D eigenvalue weighted by Crippen LogP contribution is 2.29. The van der Waals surface area contributed by atoms with Crippen LogP contribution in [0.2, 0.25) is 0 Å². The highest BCUT2D eigenvalue weighted by Gasteiger charge is 2.29. The van der Waals surface area contributed by atoms with E-state index < -0.39 is 14.0 Å². The first-order valence-corrected chi connectivity index (χ1v) is 17.9. The molecule has 0 heterocycles. The van der Waals surface area contributed by atoms with Gasteiger partial charge < -0.3 is 14.6 Å². The summed E-state index contributed by atoms with van der Waals surface area (Å²) in [6.45, 7) is 7.37. The van der Waals surface area contributed by atoms with Gasteiger partial charge in [-0.15, -0.1) is 0 Å². The minimum absolute atomic E-state index is 0.0356. The van der Waals surface area contributed by atoms with E-state index >= 15 is 0 Å². The average molecular weight is 597 g/mol. The lowest BCUT2D eigenvalue weighted by Crippen LogP contribution is -2.33. The number of carbonyl (C=O) groups excluding carboxylic acids is 1. The Balaban J connectivity index is 2.58. The molecule has 1 N–H and O–H groups in total. The van der Waals surface area contributed by atoms with Gasteiger partial charge in [-0.2, -0.15) is 11.8 Å². The lowest BCUT2D eigenvalue weighted by Gasteiger charge is -2.22. The Kier molecular flexibility index (Phi) is 23.1. The Morgan fingerprint density at radius 3 is 2.20 bits per heavy atom. The van der Waals surface area contributed by atoms with Crippen LogP contribution in [0.15, 0.2) is 24.3 Å². The van der Waals surface area contributed by atoms with Gasteiger partial charge in [0.25, 0.3) is 0 Å². The molecule has 0 saturated heterocycles. The predicted octanol–water partition coefficient (Wildman–Crippen LogP) is 9.50. The van der Waals surface area contributed by atoms with E-state index in [1.807, 2.05) is 11.8 Å².